The number of benzene rings is 3. The molecule has 0 atom stereocenters. The van der Waals surface area contributed by atoms with Crippen molar-refractivity contribution in [1.29, 1.82) is 0 Å². The van der Waals surface area contributed by atoms with Gasteiger partial charge in [-0.25, -0.2) is 9.67 Å². The number of rotatable bonds is 3. The van der Waals surface area contributed by atoms with Crippen molar-refractivity contribution < 1.29 is 0 Å². The van der Waals surface area contributed by atoms with Gasteiger partial charge in [0.05, 0.1) is 20.6 Å². The molecular formula is C23H19IN4O. The molecule has 2 heterocycles. The Balaban J connectivity index is 1.82. The number of aromatic nitrogens is 3. The van der Waals surface area contributed by atoms with E-state index in [4.69, 9.17) is 10.1 Å². The number of halogens is 1. The van der Waals surface area contributed by atoms with Crippen LogP contribution in [0.3, 0.4) is 0 Å². The van der Waals surface area contributed by atoms with Crippen molar-refractivity contribution in [1.82, 2.24) is 14.8 Å². The molecule has 0 unspecified atom stereocenters. The second-order valence-corrected chi connectivity index (χ2v) is 8.23. The van der Waals surface area contributed by atoms with Crippen molar-refractivity contribution >= 4 is 28.3 Å². The van der Waals surface area contributed by atoms with Crippen LogP contribution in [0.25, 0.3) is 28.5 Å². The topological polar surface area (TPSA) is 51.0 Å². The highest BCUT2D eigenvalue weighted by Crippen LogP contribution is 2.32. The van der Waals surface area contributed by atoms with Gasteiger partial charge < -0.3 is 4.90 Å². The van der Waals surface area contributed by atoms with Crippen LogP contribution in [0.15, 0.2) is 71.5 Å². The molecule has 2 aromatic rings. The van der Waals surface area contributed by atoms with Gasteiger partial charge in [0.2, 0.25) is 5.43 Å². The maximum absolute atomic E-state index is 13.2. The third-order valence-corrected chi connectivity index (χ3v) is 6.27. The maximum Gasteiger partial charge on any atom is 0.217 e. The third kappa shape index (κ3) is 3.31. The SMILES string of the molecule is O=c1c(N2CCCC2)cc2nc(-c3ccccc3)nn(-c3ccccc3)c-2c1I. The van der Waals surface area contributed by atoms with E-state index in [1.165, 1.54) is 0 Å². The molecular weight excluding hydrogens is 475 g/mol. The lowest BCUT2D eigenvalue weighted by atomic mass is 10.1. The van der Waals surface area contributed by atoms with Gasteiger partial charge in [-0.1, -0.05) is 48.5 Å². The number of para-hydroxylation sites is 1. The second-order valence-electron chi connectivity index (χ2n) is 7.15. The van der Waals surface area contributed by atoms with E-state index in [0.29, 0.717) is 9.39 Å². The van der Waals surface area contributed by atoms with Gasteiger partial charge in [-0.2, -0.15) is 0 Å². The van der Waals surface area contributed by atoms with Gasteiger partial charge in [0.1, 0.15) is 5.69 Å². The van der Waals surface area contributed by atoms with Crippen LogP contribution in [0, 0.1) is 3.57 Å². The van der Waals surface area contributed by atoms with Gasteiger partial charge >= 0.3 is 0 Å². The van der Waals surface area contributed by atoms with Crippen LogP contribution >= 0.6 is 22.6 Å². The van der Waals surface area contributed by atoms with Crippen LogP contribution in [-0.2, 0) is 0 Å². The van der Waals surface area contributed by atoms with E-state index in [1.807, 2.05) is 71.4 Å². The molecule has 0 N–H and O–H groups in total. The lowest BCUT2D eigenvalue weighted by Gasteiger charge is -2.22. The standard InChI is InChI=1S/C23H19IN4O/c24-20-21-18(15-19(22(20)29)27-13-7-8-14-27)25-23(16-9-3-1-4-10-16)26-28(21)17-11-5-2-6-12-17/h1-6,9-12,15H,7-8,13-14H2. The third-order valence-electron chi connectivity index (χ3n) is 5.27. The highest BCUT2D eigenvalue weighted by molar-refractivity contribution is 14.1. The van der Waals surface area contributed by atoms with Crippen molar-refractivity contribution in [2.45, 2.75) is 12.8 Å². The minimum Gasteiger partial charge on any atom is -0.368 e. The molecule has 0 saturated carbocycles. The Hall–Kier alpha value is -2.74. The van der Waals surface area contributed by atoms with Crippen LogP contribution in [0.2, 0.25) is 0 Å². The minimum atomic E-state index is 0.0562. The summed E-state index contributed by atoms with van der Waals surface area (Å²) in [5, 5.41) is 4.82. The zero-order valence-electron chi connectivity index (χ0n) is 15.8. The Labute approximate surface area is 182 Å². The van der Waals surface area contributed by atoms with Crippen LogP contribution in [-0.4, -0.2) is 27.9 Å². The maximum atomic E-state index is 13.2. The summed E-state index contributed by atoms with van der Waals surface area (Å²) in [4.78, 5) is 20.2. The normalized spacial score (nSPS) is 13.9. The summed E-state index contributed by atoms with van der Waals surface area (Å²) in [5.41, 5.74) is 4.20. The minimum absolute atomic E-state index is 0.0562. The first-order valence-corrected chi connectivity index (χ1v) is 10.8. The monoisotopic (exact) mass is 494 g/mol. The number of hydrogen-bond donors (Lipinski definition) is 0. The van der Waals surface area contributed by atoms with Gasteiger partial charge in [0, 0.05) is 18.7 Å². The van der Waals surface area contributed by atoms with Crippen molar-refractivity contribution in [3.05, 3.63) is 80.5 Å². The number of nitrogens with zero attached hydrogens (tertiary/aromatic N) is 4. The molecule has 0 spiro atoms. The first-order chi connectivity index (χ1) is 14.2. The molecule has 0 radical (unpaired) electrons. The lowest BCUT2D eigenvalue weighted by molar-refractivity contribution is 0.822. The number of fused-ring (bicyclic) bond motifs is 1. The fraction of sp³-hybridized carbons (Fsp3) is 0.174. The summed E-state index contributed by atoms with van der Waals surface area (Å²) < 4.78 is 2.51. The summed E-state index contributed by atoms with van der Waals surface area (Å²) in [5.74, 6) is 0.642. The van der Waals surface area contributed by atoms with Crippen LogP contribution < -0.4 is 10.3 Å². The van der Waals surface area contributed by atoms with Gasteiger partial charge in [-0.05, 0) is 53.6 Å². The molecule has 1 saturated heterocycles. The second kappa shape index (κ2) is 7.59. The van der Waals surface area contributed by atoms with Gasteiger partial charge in [-0.15, -0.1) is 5.10 Å². The molecule has 144 valence electrons. The van der Waals surface area contributed by atoms with Crippen molar-refractivity contribution in [2.24, 2.45) is 0 Å². The smallest absolute Gasteiger partial charge is 0.217 e. The van der Waals surface area contributed by atoms with E-state index in [1.54, 1.807) is 0 Å². The van der Waals surface area contributed by atoms with E-state index < -0.39 is 0 Å². The van der Waals surface area contributed by atoms with Gasteiger partial charge in [0.15, 0.2) is 5.82 Å². The molecule has 6 heteroatoms. The molecule has 29 heavy (non-hydrogen) atoms. The summed E-state index contributed by atoms with van der Waals surface area (Å²) in [7, 11) is 0. The molecule has 5 rings (SSSR count). The van der Waals surface area contributed by atoms with Crippen LogP contribution in [0.4, 0.5) is 5.69 Å². The highest BCUT2D eigenvalue weighted by Gasteiger charge is 2.25. The van der Waals surface area contributed by atoms with E-state index >= 15 is 0 Å². The first kappa shape index (κ1) is 18.3. The quantitative estimate of drug-likeness (QED) is 0.391. The van der Waals surface area contributed by atoms with Crippen molar-refractivity contribution in [3.63, 3.8) is 0 Å². The summed E-state index contributed by atoms with van der Waals surface area (Å²) >= 11 is 2.15. The van der Waals surface area contributed by atoms with Gasteiger partial charge in [0.25, 0.3) is 0 Å². The summed E-state index contributed by atoms with van der Waals surface area (Å²) in [6.45, 7) is 1.85. The molecule has 0 aromatic heterocycles. The van der Waals surface area contributed by atoms with E-state index in [-0.39, 0.29) is 5.43 Å². The largest absolute Gasteiger partial charge is 0.368 e. The molecule has 1 fully saturated rings. The van der Waals surface area contributed by atoms with E-state index in [2.05, 4.69) is 27.5 Å². The predicted octanol–water partition coefficient (Wildman–Crippen LogP) is 4.60. The fourth-order valence-corrected chi connectivity index (χ4v) is 4.60. The molecule has 5 nitrogen and oxygen atoms in total. The molecule has 0 amide bonds. The van der Waals surface area contributed by atoms with E-state index in [0.717, 1.165) is 54.3 Å². The fourth-order valence-electron chi connectivity index (χ4n) is 3.82. The highest BCUT2D eigenvalue weighted by atomic mass is 127. The summed E-state index contributed by atoms with van der Waals surface area (Å²) in [6.07, 6.45) is 2.24. The van der Waals surface area contributed by atoms with Crippen LogP contribution in [0.5, 0.6) is 0 Å². The number of hydrogen-bond acceptors (Lipinski definition) is 4. The molecule has 2 aromatic carbocycles. The number of anilines is 1. The average molecular weight is 494 g/mol. The van der Waals surface area contributed by atoms with Crippen LogP contribution in [0.1, 0.15) is 12.8 Å². The Morgan fingerprint density at radius 3 is 2.24 bits per heavy atom. The van der Waals surface area contributed by atoms with Crippen molar-refractivity contribution in [3.8, 4) is 28.5 Å². The molecule has 0 bridgehead atoms. The molecule has 3 aliphatic rings. The summed E-state index contributed by atoms with van der Waals surface area (Å²) in [6, 6.07) is 21.8. The Morgan fingerprint density at radius 2 is 1.55 bits per heavy atom. The lowest BCUT2D eigenvalue weighted by Crippen LogP contribution is -2.27. The zero-order valence-corrected chi connectivity index (χ0v) is 17.9. The molecule has 2 aliphatic heterocycles. The predicted molar refractivity (Wildman–Crippen MR) is 124 cm³/mol. The van der Waals surface area contributed by atoms with Gasteiger partial charge in [-0.3, -0.25) is 4.79 Å². The average Bonchev–Trinajstić information content (AvgIpc) is 3.31. The first-order valence-electron chi connectivity index (χ1n) is 9.72. The van der Waals surface area contributed by atoms with Crippen molar-refractivity contribution in [2.75, 3.05) is 18.0 Å². The Bertz CT molecular complexity index is 1180. The molecule has 1 aliphatic carbocycles. The Kier molecular flexibility index (Phi) is 4.79. The Morgan fingerprint density at radius 1 is 0.897 bits per heavy atom. The van der Waals surface area contributed by atoms with E-state index in [9.17, 15) is 4.79 Å². The zero-order chi connectivity index (χ0) is 19.8.